The summed E-state index contributed by atoms with van der Waals surface area (Å²) in [5.41, 5.74) is -0.831. The van der Waals surface area contributed by atoms with Gasteiger partial charge in [-0.05, 0) is 63.9 Å². The zero-order valence-electron chi connectivity index (χ0n) is 28.4. The van der Waals surface area contributed by atoms with Gasteiger partial charge in [0, 0.05) is 58.4 Å². The van der Waals surface area contributed by atoms with Crippen molar-refractivity contribution in [3.05, 3.63) is 48.0 Å². The number of fused-ring (bicyclic) bond motifs is 1. The number of hydrogen-bond donors (Lipinski definition) is 1. The van der Waals surface area contributed by atoms with Crippen LogP contribution in [0.4, 0.5) is 19.2 Å². The molecule has 4 aliphatic rings. The van der Waals surface area contributed by atoms with Crippen LogP contribution >= 0.6 is 0 Å². The van der Waals surface area contributed by atoms with E-state index in [1.165, 1.54) is 5.39 Å². The van der Waals surface area contributed by atoms with E-state index in [0.717, 1.165) is 10.9 Å². The smallest absolute Gasteiger partial charge is 0.410 e. The van der Waals surface area contributed by atoms with E-state index >= 15 is 0 Å². The summed E-state index contributed by atoms with van der Waals surface area (Å²) >= 11 is 0. The van der Waals surface area contributed by atoms with Crippen LogP contribution in [0.1, 0.15) is 72.8 Å². The Bertz CT molecular complexity index is 1480. The monoisotopic (exact) mass is 652 g/mol. The van der Waals surface area contributed by atoms with Crippen LogP contribution in [-0.4, -0.2) is 101 Å². The van der Waals surface area contributed by atoms with Crippen molar-refractivity contribution in [2.75, 3.05) is 39.3 Å². The van der Waals surface area contributed by atoms with Crippen molar-refractivity contribution in [2.24, 2.45) is 0 Å². The highest BCUT2D eigenvalue weighted by Gasteiger charge is 2.48. The van der Waals surface area contributed by atoms with Gasteiger partial charge in [-0.1, -0.05) is 36.4 Å². The predicted molar refractivity (Wildman–Crippen MR) is 175 cm³/mol. The molecule has 2 spiro atoms. The van der Waals surface area contributed by atoms with Crippen LogP contribution in [0.5, 0.6) is 0 Å². The quantitative estimate of drug-likeness (QED) is 0.388. The maximum absolute atomic E-state index is 12.5. The van der Waals surface area contributed by atoms with E-state index in [9.17, 15) is 19.2 Å². The fourth-order valence-corrected chi connectivity index (χ4v) is 6.26. The minimum absolute atomic E-state index is 0.274. The highest BCUT2D eigenvalue weighted by atomic mass is 16.6. The van der Waals surface area contributed by atoms with Gasteiger partial charge in [0.15, 0.2) is 0 Å². The van der Waals surface area contributed by atoms with E-state index in [0.29, 0.717) is 71.5 Å². The van der Waals surface area contributed by atoms with Crippen molar-refractivity contribution in [1.29, 1.82) is 0 Å². The van der Waals surface area contributed by atoms with Gasteiger partial charge in [0.05, 0.1) is 13.1 Å². The van der Waals surface area contributed by atoms with E-state index in [1.54, 1.807) is 14.7 Å². The summed E-state index contributed by atoms with van der Waals surface area (Å²) < 4.78 is 21.9. The number of piperidine rings is 2. The van der Waals surface area contributed by atoms with Gasteiger partial charge in [-0.2, -0.15) is 0 Å². The van der Waals surface area contributed by atoms with Crippen molar-refractivity contribution in [3.8, 4) is 0 Å². The summed E-state index contributed by atoms with van der Waals surface area (Å²) in [4.78, 5) is 52.9. The van der Waals surface area contributed by atoms with Crippen LogP contribution in [0.3, 0.4) is 0 Å². The molecule has 4 fully saturated rings. The molecule has 0 aromatic heterocycles. The van der Waals surface area contributed by atoms with Gasteiger partial charge in [-0.3, -0.25) is 4.90 Å². The third-order valence-corrected chi connectivity index (χ3v) is 8.75. The standard InChI is InChI=1S/C23H28N2O4.C12H20N2O4/c1-22(2,3)28-20(26)24-12-10-23(11-13-24)16-25(21(27)29-23)15-17-8-9-18-6-4-5-7-19(18)14-17;1-11(2,3)18-10(16)14-6-4-12(5-7-14)8-13-9(15)17-12/h4-9,14H,10-13,15-16H2,1-3H3;4-8H2,1-3H3,(H,13,15). The molecule has 4 amide bonds. The predicted octanol–water partition coefficient (Wildman–Crippen LogP) is 6.06. The Balaban J connectivity index is 0.000000207. The van der Waals surface area contributed by atoms with Gasteiger partial charge in [0.2, 0.25) is 0 Å². The second-order valence-corrected chi connectivity index (χ2v) is 14.9. The number of alkyl carbamates (subject to hydrolysis) is 1. The van der Waals surface area contributed by atoms with E-state index < -0.39 is 22.4 Å². The topological polar surface area (TPSA) is 127 Å². The van der Waals surface area contributed by atoms with Crippen molar-refractivity contribution in [3.63, 3.8) is 0 Å². The van der Waals surface area contributed by atoms with Crippen LogP contribution < -0.4 is 5.32 Å². The molecule has 0 bridgehead atoms. The fourth-order valence-electron chi connectivity index (χ4n) is 6.26. The first-order valence-corrected chi connectivity index (χ1v) is 16.4. The van der Waals surface area contributed by atoms with Crippen molar-refractivity contribution >= 4 is 35.1 Å². The first-order chi connectivity index (χ1) is 22.0. The Kier molecular flexibility index (Phi) is 9.52. The molecular formula is C35H48N4O8. The zero-order chi connectivity index (χ0) is 34.0. The second kappa shape index (κ2) is 13.1. The molecular weight excluding hydrogens is 604 g/mol. The number of nitrogens with one attached hydrogen (secondary N) is 1. The lowest BCUT2D eigenvalue weighted by Crippen LogP contribution is -2.49. The Hall–Kier alpha value is -4.22. The number of carbonyl (C=O) groups is 4. The number of nitrogens with zero attached hydrogens (tertiary/aromatic N) is 3. The minimum Gasteiger partial charge on any atom is -0.444 e. The molecule has 4 aliphatic heterocycles. The molecule has 6 rings (SSSR count). The number of carbonyl (C=O) groups excluding carboxylic acids is 4. The molecule has 0 atom stereocenters. The summed E-state index contributed by atoms with van der Waals surface area (Å²) in [6, 6.07) is 14.5. The van der Waals surface area contributed by atoms with Gasteiger partial charge in [0.1, 0.15) is 22.4 Å². The van der Waals surface area contributed by atoms with Crippen LogP contribution in [0, 0.1) is 0 Å². The molecule has 0 aliphatic carbocycles. The summed E-state index contributed by atoms with van der Waals surface area (Å²) in [6.07, 6.45) is 1.35. The number of benzene rings is 2. The SMILES string of the molecule is CC(C)(C)OC(=O)N1CCC2(CC1)CN(Cc1ccc3ccccc3c1)C(=O)O2.CC(C)(C)OC(=O)N1CCC2(CC1)CNC(=O)O2. The summed E-state index contributed by atoms with van der Waals surface area (Å²) in [5.74, 6) is 0. The number of hydrogen-bond acceptors (Lipinski definition) is 8. The lowest BCUT2D eigenvalue weighted by Gasteiger charge is -2.37. The summed E-state index contributed by atoms with van der Waals surface area (Å²) in [6.45, 7) is 14.9. The van der Waals surface area contributed by atoms with Gasteiger partial charge in [-0.15, -0.1) is 0 Å². The van der Waals surface area contributed by atoms with E-state index in [1.807, 2.05) is 53.7 Å². The molecule has 4 heterocycles. The number of rotatable bonds is 2. The number of likely N-dealkylation sites (tertiary alicyclic amines) is 2. The molecule has 256 valence electrons. The molecule has 2 aromatic carbocycles. The maximum atomic E-state index is 12.5. The van der Waals surface area contributed by atoms with E-state index in [-0.39, 0.29) is 24.4 Å². The van der Waals surface area contributed by atoms with Gasteiger partial charge in [-0.25, -0.2) is 19.2 Å². The second-order valence-electron chi connectivity index (χ2n) is 14.9. The summed E-state index contributed by atoms with van der Waals surface area (Å²) in [5, 5.41) is 5.02. The molecule has 12 heteroatoms. The zero-order valence-corrected chi connectivity index (χ0v) is 28.4. The largest absolute Gasteiger partial charge is 0.444 e. The highest BCUT2D eigenvalue weighted by molar-refractivity contribution is 5.83. The minimum atomic E-state index is -0.511. The van der Waals surface area contributed by atoms with Crippen LogP contribution in [0.15, 0.2) is 42.5 Å². The van der Waals surface area contributed by atoms with Crippen molar-refractivity contribution in [2.45, 2.75) is 96.2 Å². The third-order valence-electron chi connectivity index (χ3n) is 8.75. The van der Waals surface area contributed by atoms with E-state index in [2.05, 4.69) is 35.6 Å². The average molecular weight is 653 g/mol. The van der Waals surface area contributed by atoms with Gasteiger partial charge in [0.25, 0.3) is 0 Å². The lowest BCUT2D eigenvalue weighted by atomic mass is 9.91. The number of amides is 4. The van der Waals surface area contributed by atoms with Crippen molar-refractivity contribution in [1.82, 2.24) is 20.0 Å². The Morgan fingerprint density at radius 3 is 1.81 bits per heavy atom. The third kappa shape index (κ3) is 8.78. The van der Waals surface area contributed by atoms with Crippen LogP contribution in [0.25, 0.3) is 10.8 Å². The Labute approximate surface area is 276 Å². The van der Waals surface area contributed by atoms with Crippen molar-refractivity contribution < 1.29 is 38.1 Å². The van der Waals surface area contributed by atoms with E-state index in [4.69, 9.17) is 18.9 Å². The fraction of sp³-hybridized carbons (Fsp3) is 0.600. The summed E-state index contributed by atoms with van der Waals surface area (Å²) in [7, 11) is 0. The van der Waals surface area contributed by atoms with Gasteiger partial charge < -0.3 is 34.1 Å². The van der Waals surface area contributed by atoms with Gasteiger partial charge >= 0.3 is 24.4 Å². The first-order valence-electron chi connectivity index (χ1n) is 16.4. The Morgan fingerprint density at radius 1 is 0.766 bits per heavy atom. The molecule has 4 saturated heterocycles. The van der Waals surface area contributed by atoms with Crippen LogP contribution in [0.2, 0.25) is 0 Å². The first kappa shape index (κ1) is 34.1. The normalized spacial score (nSPS) is 20.3. The molecule has 2 aromatic rings. The lowest BCUT2D eigenvalue weighted by molar-refractivity contribution is -0.0183. The molecule has 0 unspecified atom stereocenters. The molecule has 47 heavy (non-hydrogen) atoms. The average Bonchev–Trinajstić information content (AvgIpc) is 3.49. The van der Waals surface area contributed by atoms with Crippen LogP contribution in [-0.2, 0) is 25.5 Å². The molecule has 0 radical (unpaired) electrons. The Morgan fingerprint density at radius 2 is 1.30 bits per heavy atom. The highest BCUT2D eigenvalue weighted by Crippen LogP contribution is 2.35. The molecule has 1 N–H and O–H groups in total. The molecule has 12 nitrogen and oxygen atoms in total. The molecule has 0 saturated carbocycles. The maximum Gasteiger partial charge on any atom is 0.410 e. The number of ether oxygens (including phenoxy) is 4.